The topological polar surface area (TPSA) is 56.7 Å². The molecule has 5 heteroatoms. The van der Waals surface area contributed by atoms with Crippen molar-refractivity contribution in [3.8, 4) is 5.69 Å². The van der Waals surface area contributed by atoms with Gasteiger partial charge in [0.1, 0.15) is 0 Å². The van der Waals surface area contributed by atoms with E-state index in [1.54, 1.807) is 10.9 Å². The zero-order valence-corrected chi connectivity index (χ0v) is 12.3. The lowest BCUT2D eigenvalue weighted by atomic mass is 10.0. The number of nitrogens with zero attached hydrogens (tertiary/aromatic N) is 3. The van der Waals surface area contributed by atoms with Crippen LogP contribution in [0.5, 0.6) is 0 Å². The molecule has 0 spiro atoms. The van der Waals surface area contributed by atoms with Gasteiger partial charge in [0.05, 0.1) is 23.6 Å². The highest BCUT2D eigenvalue weighted by Gasteiger charge is 2.16. The van der Waals surface area contributed by atoms with Crippen LogP contribution in [0.25, 0.3) is 5.69 Å². The third-order valence-corrected chi connectivity index (χ3v) is 3.86. The van der Waals surface area contributed by atoms with Crippen molar-refractivity contribution in [3.05, 3.63) is 76.6 Å². The van der Waals surface area contributed by atoms with E-state index in [-0.39, 0.29) is 6.04 Å². The zero-order valence-electron chi connectivity index (χ0n) is 11.6. The molecule has 1 unspecified atom stereocenters. The molecule has 2 aromatic carbocycles. The summed E-state index contributed by atoms with van der Waals surface area (Å²) in [6, 6.07) is 15.3. The quantitative estimate of drug-likeness (QED) is 0.807. The predicted molar refractivity (Wildman–Crippen MR) is 83.6 cm³/mol. The normalized spacial score (nSPS) is 12.3. The third-order valence-electron chi connectivity index (χ3n) is 3.45. The summed E-state index contributed by atoms with van der Waals surface area (Å²) in [4.78, 5) is 0. The van der Waals surface area contributed by atoms with Crippen LogP contribution >= 0.6 is 11.6 Å². The number of para-hydroxylation sites is 1. The molecule has 3 rings (SSSR count). The summed E-state index contributed by atoms with van der Waals surface area (Å²) in [5, 5.41) is 8.82. The van der Waals surface area contributed by atoms with Crippen molar-refractivity contribution < 1.29 is 0 Å². The second-order valence-corrected chi connectivity index (χ2v) is 5.30. The van der Waals surface area contributed by atoms with E-state index in [1.165, 1.54) is 0 Å². The molecule has 4 nitrogen and oxygen atoms in total. The molecule has 1 heterocycles. The molecule has 0 amide bonds. The molecule has 0 aliphatic heterocycles. The zero-order chi connectivity index (χ0) is 14.8. The summed E-state index contributed by atoms with van der Waals surface area (Å²) in [7, 11) is 0. The smallest absolute Gasteiger partial charge is 0.0858 e. The van der Waals surface area contributed by atoms with Crippen LogP contribution in [-0.4, -0.2) is 15.0 Å². The number of nitrogens with two attached hydrogens (primary N) is 1. The van der Waals surface area contributed by atoms with Crippen LogP contribution in [0.1, 0.15) is 22.9 Å². The highest BCUT2D eigenvalue weighted by atomic mass is 35.5. The number of benzene rings is 2. The summed E-state index contributed by atoms with van der Waals surface area (Å²) in [5.41, 5.74) is 10.1. The lowest BCUT2D eigenvalue weighted by Crippen LogP contribution is -2.16. The van der Waals surface area contributed by atoms with Crippen molar-refractivity contribution in [2.75, 3.05) is 0 Å². The number of aryl methyl sites for hydroxylation is 1. The van der Waals surface area contributed by atoms with Crippen molar-refractivity contribution >= 4 is 11.6 Å². The standard InChI is InChI=1S/C16H15ClN4/c1-11-7-8-12(9-14(11)17)16(18)15-10-19-20-21(15)13-5-3-2-4-6-13/h2-10,16H,18H2,1H3. The first-order valence-electron chi connectivity index (χ1n) is 6.64. The molecular formula is C16H15ClN4. The Kier molecular flexibility index (Phi) is 3.73. The Bertz CT molecular complexity index is 752. The first kappa shape index (κ1) is 13.8. The van der Waals surface area contributed by atoms with Gasteiger partial charge >= 0.3 is 0 Å². The minimum atomic E-state index is -0.335. The Balaban J connectivity index is 2.01. The molecule has 0 fully saturated rings. The molecule has 0 saturated carbocycles. The van der Waals surface area contributed by atoms with Crippen molar-refractivity contribution in [2.24, 2.45) is 5.73 Å². The molecule has 0 radical (unpaired) electrons. The molecule has 0 bridgehead atoms. The van der Waals surface area contributed by atoms with Crippen molar-refractivity contribution in [3.63, 3.8) is 0 Å². The van der Waals surface area contributed by atoms with Gasteiger partial charge in [0.15, 0.2) is 0 Å². The van der Waals surface area contributed by atoms with Crippen molar-refractivity contribution in [1.29, 1.82) is 0 Å². The van der Waals surface area contributed by atoms with Gasteiger partial charge in [-0.1, -0.05) is 47.1 Å². The molecule has 0 aliphatic carbocycles. The first-order valence-corrected chi connectivity index (χ1v) is 7.02. The van der Waals surface area contributed by atoms with E-state index in [1.807, 2.05) is 55.5 Å². The third kappa shape index (κ3) is 2.68. The molecule has 0 aliphatic rings. The summed E-state index contributed by atoms with van der Waals surface area (Å²) in [5.74, 6) is 0. The second kappa shape index (κ2) is 5.68. The van der Waals surface area contributed by atoms with Crippen LogP contribution in [0.15, 0.2) is 54.7 Å². The van der Waals surface area contributed by atoms with Crippen LogP contribution in [0.3, 0.4) is 0 Å². The maximum atomic E-state index is 6.36. The number of aromatic nitrogens is 3. The Morgan fingerprint density at radius 2 is 1.90 bits per heavy atom. The molecular weight excluding hydrogens is 284 g/mol. The fraction of sp³-hybridized carbons (Fsp3) is 0.125. The van der Waals surface area contributed by atoms with Crippen molar-refractivity contribution in [2.45, 2.75) is 13.0 Å². The molecule has 1 aromatic heterocycles. The maximum Gasteiger partial charge on any atom is 0.0858 e. The van der Waals surface area contributed by atoms with Crippen LogP contribution in [0.2, 0.25) is 5.02 Å². The van der Waals surface area contributed by atoms with Gasteiger partial charge in [-0.25, -0.2) is 4.68 Å². The van der Waals surface area contributed by atoms with E-state index < -0.39 is 0 Å². The van der Waals surface area contributed by atoms with E-state index in [0.29, 0.717) is 5.02 Å². The van der Waals surface area contributed by atoms with Crippen LogP contribution in [0, 0.1) is 6.92 Å². The predicted octanol–water partition coefficient (Wildman–Crippen LogP) is 3.28. The number of hydrogen-bond acceptors (Lipinski definition) is 3. The number of hydrogen-bond donors (Lipinski definition) is 1. The summed E-state index contributed by atoms with van der Waals surface area (Å²) in [6.45, 7) is 1.97. The largest absolute Gasteiger partial charge is 0.319 e. The first-order chi connectivity index (χ1) is 10.2. The molecule has 21 heavy (non-hydrogen) atoms. The second-order valence-electron chi connectivity index (χ2n) is 4.89. The van der Waals surface area contributed by atoms with E-state index >= 15 is 0 Å². The average molecular weight is 299 g/mol. The fourth-order valence-corrected chi connectivity index (χ4v) is 2.39. The van der Waals surface area contributed by atoms with E-state index in [4.69, 9.17) is 17.3 Å². The van der Waals surface area contributed by atoms with E-state index in [2.05, 4.69) is 10.3 Å². The van der Waals surface area contributed by atoms with Gasteiger partial charge < -0.3 is 5.73 Å². The maximum absolute atomic E-state index is 6.36. The molecule has 106 valence electrons. The van der Waals surface area contributed by atoms with Gasteiger partial charge in [-0.05, 0) is 36.2 Å². The highest BCUT2D eigenvalue weighted by Crippen LogP contribution is 2.25. The molecule has 2 N–H and O–H groups in total. The molecule has 0 saturated heterocycles. The van der Waals surface area contributed by atoms with Gasteiger partial charge in [-0.2, -0.15) is 0 Å². The summed E-state index contributed by atoms with van der Waals surface area (Å²) >= 11 is 6.18. The molecule has 1 atom stereocenters. The Hall–Kier alpha value is -2.17. The lowest BCUT2D eigenvalue weighted by Gasteiger charge is -2.14. The fourth-order valence-electron chi connectivity index (χ4n) is 2.20. The van der Waals surface area contributed by atoms with Crippen molar-refractivity contribution in [1.82, 2.24) is 15.0 Å². The molecule has 3 aromatic rings. The van der Waals surface area contributed by atoms with Crippen LogP contribution in [0.4, 0.5) is 0 Å². The van der Waals surface area contributed by atoms with Gasteiger partial charge in [0.25, 0.3) is 0 Å². The monoisotopic (exact) mass is 298 g/mol. The van der Waals surface area contributed by atoms with Gasteiger partial charge in [0.2, 0.25) is 0 Å². The van der Waals surface area contributed by atoms with Gasteiger partial charge in [-0.3, -0.25) is 0 Å². The Labute approximate surface area is 128 Å². The summed E-state index contributed by atoms with van der Waals surface area (Å²) < 4.78 is 1.75. The van der Waals surface area contributed by atoms with E-state index in [9.17, 15) is 0 Å². The Morgan fingerprint density at radius 3 is 2.62 bits per heavy atom. The lowest BCUT2D eigenvalue weighted by molar-refractivity contribution is 0.719. The van der Waals surface area contributed by atoms with Gasteiger partial charge in [0, 0.05) is 5.02 Å². The minimum absolute atomic E-state index is 0.335. The van der Waals surface area contributed by atoms with Crippen LogP contribution < -0.4 is 5.73 Å². The average Bonchev–Trinajstić information content (AvgIpc) is 2.99. The Morgan fingerprint density at radius 1 is 1.14 bits per heavy atom. The van der Waals surface area contributed by atoms with Gasteiger partial charge in [-0.15, -0.1) is 5.10 Å². The highest BCUT2D eigenvalue weighted by molar-refractivity contribution is 6.31. The minimum Gasteiger partial charge on any atom is -0.319 e. The summed E-state index contributed by atoms with van der Waals surface area (Å²) in [6.07, 6.45) is 1.69. The van der Waals surface area contributed by atoms with E-state index in [0.717, 1.165) is 22.5 Å². The number of halogens is 1. The van der Waals surface area contributed by atoms with Crippen LogP contribution in [-0.2, 0) is 0 Å². The number of rotatable bonds is 3. The SMILES string of the molecule is Cc1ccc(C(N)c2cnnn2-c2ccccc2)cc1Cl.